The zero-order valence-electron chi connectivity index (χ0n) is 11.9. The van der Waals surface area contributed by atoms with Crippen LogP contribution in [0.15, 0.2) is 36.0 Å². The van der Waals surface area contributed by atoms with Crippen LogP contribution >= 0.6 is 0 Å². The third-order valence-corrected chi connectivity index (χ3v) is 4.16. The van der Waals surface area contributed by atoms with Crippen LogP contribution in [0.1, 0.15) is 39.2 Å². The molecule has 3 rings (SSSR count). The number of carbonyl (C=O) groups excluding carboxylic acids is 1. The Balaban J connectivity index is 2.01. The summed E-state index contributed by atoms with van der Waals surface area (Å²) in [5.41, 5.74) is 3.95. The van der Waals surface area contributed by atoms with E-state index in [9.17, 15) is 4.79 Å². The average Bonchev–Trinajstić information content (AvgIpc) is 2.61. The van der Waals surface area contributed by atoms with Crippen LogP contribution in [-0.4, -0.2) is 11.8 Å². The summed E-state index contributed by atoms with van der Waals surface area (Å²) in [6.07, 6.45) is 4.59. The van der Waals surface area contributed by atoms with Crippen molar-refractivity contribution in [1.82, 2.24) is 0 Å². The van der Waals surface area contributed by atoms with E-state index in [0.717, 1.165) is 12.8 Å². The van der Waals surface area contributed by atoms with Gasteiger partial charge in [-0.15, -0.1) is 0 Å². The first-order valence-corrected chi connectivity index (χ1v) is 7.07. The molecule has 1 aliphatic carbocycles. The van der Waals surface area contributed by atoms with Gasteiger partial charge >= 0.3 is 0 Å². The highest BCUT2D eigenvalue weighted by molar-refractivity contribution is 5.92. The molecule has 0 radical (unpaired) electrons. The van der Waals surface area contributed by atoms with E-state index in [0.29, 0.717) is 12.5 Å². The molecule has 1 aromatic carbocycles. The average molecular weight is 255 g/mol. The number of carbonyl (C=O) groups is 1. The molecule has 19 heavy (non-hydrogen) atoms. The lowest BCUT2D eigenvalue weighted by atomic mass is 9.78. The van der Waals surface area contributed by atoms with Crippen LogP contribution in [0, 0.1) is 5.41 Å². The fourth-order valence-electron chi connectivity index (χ4n) is 3.47. The van der Waals surface area contributed by atoms with Crippen molar-refractivity contribution >= 4 is 11.5 Å². The largest absolute Gasteiger partial charge is 0.342 e. The highest BCUT2D eigenvalue weighted by Gasteiger charge is 2.34. The molecule has 0 unspecified atom stereocenters. The van der Waals surface area contributed by atoms with E-state index in [2.05, 4.69) is 49.9 Å². The molecule has 0 bridgehead atoms. The Hall–Kier alpha value is -1.57. The molecule has 0 saturated heterocycles. The minimum absolute atomic E-state index is 0.0818. The maximum absolute atomic E-state index is 12.0. The van der Waals surface area contributed by atoms with Crippen LogP contribution in [-0.2, 0) is 11.2 Å². The number of ketones is 1. The van der Waals surface area contributed by atoms with E-state index in [-0.39, 0.29) is 11.2 Å². The van der Waals surface area contributed by atoms with E-state index >= 15 is 0 Å². The Labute approximate surface area is 115 Å². The normalized spacial score (nSPS) is 25.2. The number of para-hydroxylation sites is 1. The van der Waals surface area contributed by atoms with Crippen molar-refractivity contribution in [2.75, 3.05) is 4.90 Å². The van der Waals surface area contributed by atoms with Gasteiger partial charge in [0.05, 0.1) is 0 Å². The Kier molecular flexibility index (Phi) is 2.77. The first-order chi connectivity index (χ1) is 8.96. The number of rotatable bonds is 1. The number of allylic oxidation sites excluding steroid dienone is 2. The molecular formula is C17H21NO. The number of benzene rings is 1. The smallest absolute Gasteiger partial charge is 0.157 e. The van der Waals surface area contributed by atoms with Crippen molar-refractivity contribution in [3.63, 3.8) is 0 Å². The lowest BCUT2D eigenvalue weighted by molar-refractivity contribution is -0.117. The summed E-state index contributed by atoms with van der Waals surface area (Å²) in [7, 11) is 0. The van der Waals surface area contributed by atoms with E-state index in [1.807, 2.05) is 6.08 Å². The van der Waals surface area contributed by atoms with Crippen molar-refractivity contribution in [2.24, 2.45) is 5.41 Å². The molecule has 0 fully saturated rings. The molecule has 0 aromatic heterocycles. The number of hydrogen-bond donors (Lipinski definition) is 0. The Bertz CT molecular complexity index is 556. The van der Waals surface area contributed by atoms with Crippen molar-refractivity contribution in [2.45, 2.75) is 46.1 Å². The van der Waals surface area contributed by atoms with Gasteiger partial charge in [0.1, 0.15) is 0 Å². The molecule has 2 heteroatoms. The molecule has 2 aliphatic rings. The maximum atomic E-state index is 12.0. The second kappa shape index (κ2) is 4.22. The van der Waals surface area contributed by atoms with Gasteiger partial charge in [0, 0.05) is 29.9 Å². The van der Waals surface area contributed by atoms with Crippen LogP contribution in [0.25, 0.3) is 0 Å². The van der Waals surface area contributed by atoms with E-state index in [4.69, 9.17) is 0 Å². The van der Waals surface area contributed by atoms with Crippen LogP contribution in [0.3, 0.4) is 0 Å². The molecule has 0 saturated carbocycles. The van der Waals surface area contributed by atoms with Gasteiger partial charge in [0.25, 0.3) is 0 Å². The summed E-state index contributed by atoms with van der Waals surface area (Å²) in [4.78, 5) is 14.3. The van der Waals surface area contributed by atoms with Gasteiger partial charge in [-0.2, -0.15) is 0 Å². The fourth-order valence-corrected chi connectivity index (χ4v) is 3.47. The Morgan fingerprint density at radius 3 is 2.68 bits per heavy atom. The lowest BCUT2D eigenvalue weighted by Gasteiger charge is -2.36. The van der Waals surface area contributed by atoms with E-state index in [1.54, 1.807) is 0 Å². The topological polar surface area (TPSA) is 20.3 Å². The monoisotopic (exact) mass is 255 g/mol. The van der Waals surface area contributed by atoms with Gasteiger partial charge in [-0.05, 0) is 36.8 Å². The van der Waals surface area contributed by atoms with Gasteiger partial charge in [0.15, 0.2) is 5.78 Å². The zero-order valence-corrected chi connectivity index (χ0v) is 11.9. The zero-order chi connectivity index (χ0) is 13.6. The maximum Gasteiger partial charge on any atom is 0.157 e. The molecular weight excluding hydrogens is 234 g/mol. The van der Waals surface area contributed by atoms with Crippen molar-refractivity contribution < 1.29 is 4.79 Å². The van der Waals surface area contributed by atoms with Gasteiger partial charge in [0.2, 0.25) is 0 Å². The molecule has 1 atom stereocenters. The molecule has 0 amide bonds. The first kappa shape index (κ1) is 12.5. The quantitative estimate of drug-likeness (QED) is 0.762. The van der Waals surface area contributed by atoms with Crippen LogP contribution in [0.4, 0.5) is 5.69 Å². The molecule has 100 valence electrons. The molecule has 1 aliphatic heterocycles. The SMILES string of the molecule is C[C@H]1Cc2ccccc2N1C1=CC(=O)CC(C)(C)C1. The molecule has 1 heterocycles. The van der Waals surface area contributed by atoms with Crippen LogP contribution < -0.4 is 4.90 Å². The number of fused-ring (bicyclic) bond motifs is 1. The Morgan fingerprint density at radius 2 is 1.95 bits per heavy atom. The standard InChI is InChI=1S/C17H21NO/c1-12-8-13-6-4-5-7-16(13)18(12)14-9-15(19)11-17(2,3)10-14/h4-7,9,12H,8,10-11H2,1-3H3/t12-/m0/s1. The van der Waals surface area contributed by atoms with Crippen molar-refractivity contribution in [3.8, 4) is 0 Å². The third-order valence-electron chi connectivity index (χ3n) is 4.16. The molecule has 1 aromatic rings. The minimum Gasteiger partial charge on any atom is -0.342 e. The fraction of sp³-hybridized carbons (Fsp3) is 0.471. The highest BCUT2D eigenvalue weighted by atomic mass is 16.1. The summed E-state index contributed by atoms with van der Waals surface area (Å²) < 4.78 is 0. The summed E-state index contributed by atoms with van der Waals surface area (Å²) >= 11 is 0. The second-order valence-corrected chi connectivity index (χ2v) is 6.67. The predicted molar refractivity (Wildman–Crippen MR) is 78.2 cm³/mol. The van der Waals surface area contributed by atoms with Crippen molar-refractivity contribution in [1.29, 1.82) is 0 Å². The van der Waals surface area contributed by atoms with Gasteiger partial charge in [-0.25, -0.2) is 0 Å². The summed E-state index contributed by atoms with van der Waals surface area (Å²) in [6.45, 7) is 6.61. The third kappa shape index (κ3) is 2.20. The number of nitrogens with zero attached hydrogens (tertiary/aromatic N) is 1. The number of hydrogen-bond acceptors (Lipinski definition) is 2. The summed E-state index contributed by atoms with van der Waals surface area (Å²) in [5.74, 6) is 0.267. The lowest BCUT2D eigenvalue weighted by Crippen LogP contribution is -2.34. The van der Waals surface area contributed by atoms with E-state index in [1.165, 1.54) is 16.9 Å². The first-order valence-electron chi connectivity index (χ1n) is 7.07. The minimum atomic E-state index is 0.0818. The predicted octanol–water partition coefficient (Wildman–Crippen LogP) is 3.71. The van der Waals surface area contributed by atoms with Crippen molar-refractivity contribution in [3.05, 3.63) is 41.6 Å². The second-order valence-electron chi connectivity index (χ2n) is 6.67. The highest BCUT2D eigenvalue weighted by Crippen LogP contribution is 2.41. The number of anilines is 1. The molecule has 2 nitrogen and oxygen atoms in total. The van der Waals surface area contributed by atoms with Crippen LogP contribution in [0.5, 0.6) is 0 Å². The summed E-state index contributed by atoms with van der Waals surface area (Å²) in [6, 6.07) is 9.00. The van der Waals surface area contributed by atoms with Crippen LogP contribution in [0.2, 0.25) is 0 Å². The van der Waals surface area contributed by atoms with Gasteiger partial charge in [-0.3, -0.25) is 4.79 Å². The summed E-state index contributed by atoms with van der Waals surface area (Å²) in [5, 5.41) is 0. The Morgan fingerprint density at radius 1 is 1.21 bits per heavy atom. The van der Waals surface area contributed by atoms with Gasteiger partial charge in [-0.1, -0.05) is 32.0 Å². The van der Waals surface area contributed by atoms with E-state index < -0.39 is 0 Å². The molecule has 0 spiro atoms. The molecule has 0 N–H and O–H groups in total. The van der Waals surface area contributed by atoms with Gasteiger partial charge < -0.3 is 4.90 Å².